The minimum atomic E-state index is -0.483. The monoisotopic (exact) mass is 264 g/mol. The Balaban J connectivity index is 2.17. The highest BCUT2D eigenvalue weighted by atomic mass is 32.1. The fourth-order valence-electron chi connectivity index (χ4n) is 1.28. The fourth-order valence-corrected chi connectivity index (χ4v) is 2.02. The van der Waals surface area contributed by atoms with Gasteiger partial charge in [0, 0.05) is 12.1 Å². The third-order valence-corrected chi connectivity index (χ3v) is 3.36. The van der Waals surface area contributed by atoms with E-state index in [9.17, 15) is 9.59 Å². The van der Waals surface area contributed by atoms with E-state index in [4.69, 9.17) is 0 Å². The standard InChI is InChI=1S/C11H12N4O2S/c1-6(2)10-14-15-11(18-10)13-9(17)7-4-3-5-12-8(7)16/h3-6H,1-2H3,(H,12,16)(H,13,15,17). The van der Waals surface area contributed by atoms with E-state index in [1.54, 1.807) is 6.07 Å². The normalized spacial score (nSPS) is 10.6. The molecular weight excluding hydrogens is 252 g/mol. The Hall–Kier alpha value is -2.02. The number of pyridine rings is 1. The molecule has 0 atom stereocenters. The maximum Gasteiger partial charge on any atom is 0.263 e. The van der Waals surface area contributed by atoms with E-state index in [2.05, 4.69) is 20.5 Å². The van der Waals surface area contributed by atoms with Crippen LogP contribution in [0.15, 0.2) is 23.1 Å². The number of nitrogens with one attached hydrogen (secondary N) is 2. The van der Waals surface area contributed by atoms with Crippen molar-refractivity contribution in [1.29, 1.82) is 0 Å². The molecule has 2 rings (SSSR count). The molecule has 7 heteroatoms. The van der Waals surface area contributed by atoms with E-state index in [1.807, 2.05) is 13.8 Å². The van der Waals surface area contributed by atoms with Crippen molar-refractivity contribution in [3.63, 3.8) is 0 Å². The highest BCUT2D eigenvalue weighted by Gasteiger charge is 2.13. The molecule has 2 N–H and O–H groups in total. The number of hydrogen-bond donors (Lipinski definition) is 2. The molecular formula is C11H12N4O2S. The highest BCUT2D eigenvalue weighted by Crippen LogP contribution is 2.22. The molecule has 94 valence electrons. The van der Waals surface area contributed by atoms with Crippen LogP contribution in [0.4, 0.5) is 5.13 Å². The average Bonchev–Trinajstić information content (AvgIpc) is 2.78. The summed E-state index contributed by atoms with van der Waals surface area (Å²) in [6.45, 7) is 3.99. The summed E-state index contributed by atoms with van der Waals surface area (Å²) in [5, 5.41) is 11.6. The smallest absolute Gasteiger partial charge is 0.263 e. The van der Waals surface area contributed by atoms with Crippen molar-refractivity contribution >= 4 is 22.4 Å². The summed E-state index contributed by atoms with van der Waals surface area (Å²) < 4.78 is 0. The molecule has 0 aliphatic heterocycles. The molecule has 0 saturated carbocycles. The number of carbonyl (C=O) groups excluding carboxylic acids is 1. The van der Waals surface area contributed by atoms with Crippen LogP contribution in [-0.2, 0) is 0 Å². The van der Waals surface area contributed by atoms with Crippen molar-refractivity contribution in [2.75, 3.05) is 5.32 Å². The Bertz CT molecular complexity index is 617. The number of aromatic nitrogens is 3. The first-order valence-corrected chi connectivity index (χ1v) is 6.22. The number of H-pyrrole nitrogens is 1. The van der Waals surface area contributed by atoms with Gasteiger partial charge in [-0.15, -0.1) is 10.2 Å². The number of rotatable bonds is 3. The molecule has 0 bridgehead atoms. The minimum absolute atomic E-state index is 0.0544. The molecule has 0 aliphatic carbocycles. The molecule has 0 saturated heterocycles. The topological polar surface area (TPSA) is 87.7 Å². The second kappa shape index (κ2) is 5.09. The van der Waals surface area contributed by atoms with Crippen LogP contribution >= 0.6 is 11.3 Å². The summed E-state index contributed by atoms with van der Waals surface area (Å²) in [5.74, 6) is -0.225. The Morgan fingerprint density at radius 1 is 1.44 bits per heavy atom. The highest BCUT2D eigenvalue weighted by molar-refractivity contribution is 7.15. The molecule has 0 unspecified atom stereocenters. The van der Waals surface area contributed by atoms with Gasteiger partial charge in [-0.1, -0.05) is 25.2 Å². The van der Waals surface area contributed by atoms with Gasteiger partial charge >= 0.3 is 0 Å². The van der Waals surface area contributed by atoms with E-state index in [1.165, 1.54) is 23.6 Å². The van der Waals surface area contributed by atoms with Crippen molar-refractivity contribution in [2.24, 2.45) is 0 Å². The van der Waals surface area contributed by atoms with Crippen LogP contribution in [0.3, 0.4) is 0 Å². The molecule has 2 heterocycles. The number of aromatic amines is 1. The van der Waals surface area contributed by atoms with Crippen molar-refractivity contribution in [1.82, 2.24) is 15.2 Å². The van der Waals surface area contributed by atoms with Crippen LogP contribution in [0.5, 0.6) is 0 Å². The van der Waals surface area contributed by atoms with E-state index in [-0.39, 0.29) is 11.5 Å². The van der Waals surface area contributed by atoms with Gasteiger partial charge in [-0.3, -0.25) is 14.9 Å². The van der Waals surface area contributed by atoms with Crippen molar-refractivity contribution in [2.45, 2.75) is 19.8 Å². The summed E-state index contributed by atoms with van der Waals surface area (Å²) in [5.41, 5.74) is -0.373. The Morgan fingerprint density at radius 2 is 2.22 bits per heavy atom. The lowest BCUT2D eigenvalue weighted by atomic mass is 10.2. The number of carbonyl (C=O) groups is 1. The summed E-state index contributed by atoms with van der Waals surface area (Å²) in [6, 6.07) is 3.05. The maximum atomic E-state index is 11.8. The molecule has 0 aromatic carbocycles. The van der Waals surface area contributed by atoms with Gasteiger partial charge < -0.3 is 4.98 Å². The van der Waals surface area contributed by atoms with Gasteiger partial charge in [0.2, 0.25) is 5.13 Å². The van der Waals surface area contributed by atoms with Crippen molar-refractivity contribution < 1.29 is 4.79 Å². The van der Waals surface area contributed by atoms with E-state index >= 15 is 0 Å². The molecule has 1 amide bonds. The summed E-state index contributed by atoms with van der Waals surface area (Å²) in [4.78, 5) is 25.7. The molecule has 0 aliphatic rings. The zero-order chi connectivity index (χ0) is 13.1. The largest absolute Gasteiger partial charge is 0.328 e. The van der Waals surface area contributed by atoms with Gasteiger partial charge in [-0.05, 0) is 12.1 Å². The lowest BCUT2D eigenvalue weighted by Gasteiger charge is -1.99. The van der Waals surface area contributed by atoms with Gasteiger partial charge in [0.25, 0.3) is 11.5 Å². The Morgan fingerprint density at radius 3 is 2.83 bits per heavy atom. The predicted molar refractivity (Wildman–Crippen MR) is 69.0 cm³/mol. The summed E-state index contributed by atoms with van der Waals surface area (Å²) >= 11 is 1.30. The lowest BCUT2D eigenvalue weighted by molar-refractivity contribution is 0.102. The van der Waals surface area contributed by atoms with Crippen molar-refractivity contribution in [3.8, 4) is 0 Å². The molecule has 0 spiro atoms. The Labute approximate surface area is 107 Å². The average molecular weight is 264 g/mol. The molecule has 2 aromatic heterocycles. The Kier molecular flexibility index (Phi) is 3.52. The minimum Gasteiger partial charge on any atom is -0.328 e. The van der Waals surface area contributed by atoms with Crippen molar-refractivity contribution in [3.05, 3.63) is 39.3 Å². The van der Waals surface area contributed by atoms with E-state index < -0.39 is 11.5 Å². The van der Waals surface area contributed by atoms with Gasteiger partial charge in [0.05, 0.1) is 0 Å². The first-order chi connectivity index (χ1) is 8.58. The number of anilines is 1. The van der Waals surface area contributed by atoms with Crippen LogP contribution in [0.25, 0.3) is 0 Å². The number of amides is 1. The number of hydrogen-bond acceptors (Lipinski definition) is 5. The maximum absolute atomic E-state index is 11.8. The van der Waals surface area contributed by atoms with Crippen LogP contribution in [-0.4, -0.2) is 21.1 Å². The zero-order valence-electron chi connectivity index (χ0n) is 9.93. The first kappa shape index (κ1) is 12.4. The van der Waals surface area contributed by atoms with Gasteiger partial charge in [-0.25, -0.2) is 0 Å². The van der Waals surface area contributed by atoms with Crippen LogP contribution in [0, 0.1) is 0 Å². The molecule has 6 nitrogen and oxygen atoms in total. The molecule has 2 aromatic rings. The predicted octanol–water partition coefficient (Wildman–Crippen LogP) is 1.60. The summed E-state index contributed by atoms with van der Waals surface area (Å²) in [6.07, 6.45) is 1.47. The SMILES string of the molecule is CC(C)c1nnc(NC(=O)c2ccc[nH]c2=O)s1. The third-order valence-electron chi connectivity index (χ3n) is 2.22. The zero-order valence-corrected chi connectivity index (χ0v) is 10.7. The third kappa shape index (κ3) is 2.62. The van der Waals surface area contributed by atoms with Crippen LogP contribution < -0.4 is 10.9 Å². The van der Waals surface area contributed by atoms with E-state index in [0.29, 0.717) is 5.13 Å². The first-order valence-electron chi connectivity index (χ1n) is 5.40. The van der Waals surface area contributed by atoms with Gasteiger partial charge in [-0.2, -0.15) is 0 Å². The number of nitrogens with zero attached hydrogens (tertiary/aromatic N) is 2. The van der Waals surface area contributed by atoms with Crippen LogP contribution in [0.2, 0.25) is 0 Å². The lowest BCUT2D eigenvalue weighted by Crippen LogP contribution is -2.22. The second-order valence-corrected chi connectivity index (χ2v) is 4.98. The van der Waals surface area contributed by atoms with Gasteiger partial charge in [0.1, 0.15) is 10.6 Å². The molecule has 0 radical (unpaired) electrons. The van der Waals surface area contributed by atoms with Gasteiger partial charge in [0.15, 0.2) is 0 Å². The fraction of sp³-hybridized carbons (Fsp3) is 0.273. The molecule has 0 fully saturated rings. The molecule has 18 heavy (non-hydrogen) atoms. The van der Waals surface area contributed by atoms with Crippen LogP contribution in [0.1, 0.15) is 35.1 Å². The summed E-state index contributed by atoms with van der Waals surface area (Å²) in [7, 11) is 0. The second-order valence-electron chi connectivity index (χ2n) is 3.97. The quantitative estimate of drug-likeness (QED) is 0.881. The van der Waals surface area contributed by atoms with E-state index in [0.717, 1.165) is 5.01 Å².